The summed E-state index contributed by atoms with van der Waals surface area (Å²) in [5.41, 5.74) is 1.42. The average Bonchev–Trinajstić information content (AvgIpc) is 2.95. The van der Waals surface area contributed by atoms with Crippen molar-refractivity contribution in [1.82, 2.24) is 15.5 Å². The number of anilines is 1. The van der Waals surface area contributed by atoms with Crippen LogP contribution >= 0.6 is 0 Å². The number of hydrogen-bond donors (Lipinski definition) is 2. The Morgan fingerprint density at radius 2 is 2.33 bits per heavy atom. The predicted molar refractivity (Wildman–Crippen MR) is 76.1 cm³/mol. The molecule has 0 spiro atoms. The molecule has 2 N–H and O–H groups in total. The van der Waals surface area contributed by atoms with Crippen LogP contribution in [0, 0.1) is 0 Å². The van der Waals surface area contributed by atoms with Gasteiger partial charge in [-0.15, -0.1) is 0 Å². The van der Waals surface area contributed by atoms with Gasteiger partial charge in [-0.1, -0.05) is 5.16 Å². The van der Waals surface area contributed by atoms with Crippen LogP contribution in [-0.2, 0) is 11.2 Å². The molecule has 2 heterocycles. The van der Waals surface area contributed by atoms with E-state index in [4.69, 9.17) is 9.26 Å². The second-order valence-electron chi connectivity index (χ2n) is 4.96. The Bertz CT molecular complexity index is 668. The first-order valence-corrected chi connectivity index (χ1v) is 6.72. The highest BCUT2D eigenvalue weighted by Gasteiger charge is 2.18. The minimum Gasteiger partial charge on any atom is -0.482 e. The van der Waals surface area contributed by atoms with Crippen molar-refractivity contribution in [3.63, 3.8) is 0 Å². The molecule has 0 bridgehead atoms. The number of amides is 1. The number of fused-ring (bicyclic) bond motifs is 1. The lowest BCUT2D eigenvalue weighted by molar-refractivity contribution is -0.118. The normalized spacial score (nSPS) is 15.0. The van der Waals surface area contributed by atoms with Gasteiger partial charge < -0.3 is 19.9 Å². The van der Waals surface area contributed by atoms with Gasteiger partial charge in [0.15, 0.2) is 12.4 Å². The zero-order valence-corrected chi connectivity index (χ0v) is 11.8. The van der Waals surface area contributed by atoms with E-state index in [1.807, 2.05) is 20.0 Å². The highest BCUT2D eigenvalue weighted by molar-refractivity contribution is 5.95. The first kappa shape index (κ1) is 13.6. The molecular weight excluding hydrogens is 272 g/mol. The second kappa shape index (κ2) is 5.53. The fraction of sp³-hybridized carbons (Fsp3) is 0.357. The smallest absolute Gasteiger partial charge is 0.262 e. The van der Waals surface area contributed by atoms with Gasteiger partial charge in [0.25, 0.3) is 11.8 Å². The Balaban J connectivity index is 1.83. The van der Waals surface area contributed by atoms with Crippen LogP contribution in [0.2, 0.25) is 0 Å². The zero-order valence-electron chi connectivity index (χ0n) is 11.8. The number of aromatic nitrogens is 2. The van der Waals surface area contributed by atoms with Gasteiger partial charge in [-0.2, -0.15) is 4.98 Å². The van der Waals surface area contributed by atoms with E-state index in [9.17, 15) is 4.79 Å². The summed E-state index contributed by atoms with van der Waals surface area (Å²) < 4.78 is 10.7. The molecule has 1 aliphatic heterocycles. The highest BCUT2D eigenvalue weighted by Crippen LogP contribution is 2.32. The Hall–Kier alpha value is -2.41. The zero-order chi connectivity index (χ0) is 14.8. The summed E-state index contributed by atoms with van der Waals surface area (Å²) in [5, 5.41) is 9.83. The van der Waals surface area contributed by atoms with E-state index in [1.165, 1.54) is 0 Å². The molecule has 0 fully saturated rings. The SMILES string of the molecule is CNC(C)Cc1noc(-c2ccc3c(c2)OCC(=O)N3)n1. The molecule has 0 radical (unpaired) electrons. The number of rotatable bonds is 4. The van der Waals surface area contributed by atoms with Gasteiger partial charge in [0.05, 0.1) is 5.69 Å². The van der Waals surface area contributed by atoms with Crippen LogP contribution in [0.4, 0.5) is 5.69 Å². The quantitative estimate of drug-likeness (QED) is 0.879. The standard InChI is InChI=1S/C14H16N4O3/c1-8(15-2)5-12-17-14(21-18-12)9-3-4-10-11(6-9)20-7-13(19)16-10/h3-4,6,8,15H,5,7H2,1-2H3,(H,16,19). The molecule has 0 saturated heterocycles. The van der Waals surface area contributed by atoms with Crippen LogP contribution in [0.3, 0.4) is 0 Å². The molecule has 3 rings (SSSR count). The molecule has 7 heteroatoms. The van der Waals surface area contributed by atoms with Crippen LogP contribution in [0.5, 0.6) is 5.75 Å². The van der Waals surface area contributed by atoms with Gasteiger partial charge >= 0.3 is 0 Å². The van der Waals surface area contributed by atoms with E-state index < -0.39 is 0 Å². The second-order valence-corrected chi connectivity index (χ2v) is 4.96. The number of benzene rings is 1. The number of likely N-dealkylation sites (N-methyl/N-ethyl adjacent to an activating group) is 1. The number of carbonyl (C=O) groups excluding carboxylic acids is 1. The Labute approximate surface area is 121 Å². The van der Waals surface area contributed by atoms with E-state index in [1.54, 1.807) is 12.1 Å². The summed E-state index contributed by atoms with van der Waals surface area (Å²) in [6.07, 6.45) is 0.692. The molecule has 21 heavy (non-hydrogen) atoms. The summed E-state index contributed by atoms with van der Waals surface area (Å²) in [5.74, 6) is 1.54. The summed E-state index contributed by atoms with van der Waals surface area (Å²) in [4.78, 5) is 15.6. The highest BCUT2D eigenvalue weighted by atomic mass is 16.5. The van der Waals surface area contributed by atoms with Crippen molar-refractivity contribution in [2.75, 3.05) is 19.0 Å². The number of nitrogens with zero attached hydrogens (tertiary/aromatic N) is 2. The molecule has 1 aromatic carbocycles. The molecule has 1 aromatic heterocycles. The lowest BCUT2D eigenvalue weighted by Crippen LogP contribution is -2.25. The fourth-order valence-corrected chi connectivity index (χ4v) is 2.04. The first-order chi connectivity index (χ1) is 10.2. The van der Waals surface area contributed by atoms with Gasteiger partial charge in [-0.05, 0) is 32.2 Å². The summed E-state index contributed by atoms with van der Waals surface area (Å²) in [6, 6.07) is 5.64. The number of nitrogens with one attached hydrogen (secondary N) is 2. The van der Waals surface area contributed by atoms with Crippen LogP contribution in [0.15, 0.2) is 22.7 Å². The third kappa shape index (κ3) is 2.87. The van der Waals surface area contributed by atoms with Crippen molar-refractivity contribution >= 4 is 11.6 Å². The van der Waals surface area contributed by atoms with Gasteiger partial charge in [-0.3, -0.25) is 4.79 Å². The van der Waals surface area contributed by atoms with Crippen LogP contribution < -0.4 is 15.4 Å². The Morgan fingerprint density at radius 3 is 3.14 bits per heavy atom. The molecule has 1 atom stereocenters. The van der Waals surface area contributed by atoms with E-state index in [2.05, 4.69) is 20.8 Å². The maximum Gasteiger partial charge on any atom is 0.262 e. The third-order valence-corrected chi connectivity index (χ3v) is 3.31. The summed E-state index contributed by atoms with van der Waals surface area (Å²) in [6.45, 7) is 2.07. The lowest BCUT2D eigenvalue weighted by atomic mass is 10.1. The van der Waals surface area contributed by atoms with Crippen LogP contribution in [-0.4, -0.2) is 35.7 Å². The molecular formula is C14H16N4O3. The van der Waals surface area contributed by atoms with Crippen molar-refractivity contribution in [3.8, 4) is 17.2 Å². The molecule has 110 valence electrons. The van der Waals surface area contributed by atoms with Gasteiger partial charge in [0.2, 0.25) is 0 Å². The minimum absolute atomic E-state index is 0.0191. The predicted octanol–water partition coefficient (Wildman–Crippen LogP) is 1.22. The number of carbonyl (C=O) groups is 1. The third-order valence-electron chi connectivity index (χ3n) is 3.31. The van der Waals surface area contributed by atoms with Crippen LogP contribution in [0.1, 0.15) is 12.7 Å². The first-order valence-electron chi connectivity index (χ1n) is 6.72. The minimum atomic E-state index is -0.156. The number of ether oxygens (including phenoxy) is 1. The van der Waals surface area contributed by atoms with Crippen molar-refractivity contribution in [1.29, 1.82) is 0 Å². The van der Waals surface area contributed by atoms with E-state index in [-0.39, 0.29) is 18.6 Å². The molecule has 1 unspecified atom stereocenters. The average molecular weight is 288 g/mol. The van der Waals surface area contributed by atoms with Crippen molar-refractivity contribution < 1.29 is 14.1 Å². The maximum atomic E-state index is 11.2. The van der Waals surface area contributed by atoms with E-state index in [0.29, 0.717) is 29.6 Å². The lowest BCUT2D eigenvalue weighted by Gasteiger charge is -2.17. The molecule has 0 saturated carbocycles. The van der Waals surface area contributed by atoms with Gasteiger partial charge in [0.1, 0.15) is 5.75 Å². The molecule has 1 aliphatic rings. The fourth-order valence-electron chi connectivity index (χ4n) is 2.04. The van der Waals surface area contributed by atoms with Crippen molar-refractivity contribution in [2.45, 2.75) is 19.4 Å². The topological polar surface area (TPSA) is 89.3 Å². The van der Waals surface area contributed by atoms with E-state index in [0.717, 1.165) is 5.56 Å². The van der Waals surface area contributed by atoms with Crippen LogP contribution in [0.25, 0.3) is 11.5 Å². The number of hydrogen-bond acceptors (Lipinski definition) is 6. The summed E-state index contributed by atoms with van der Waals surface area (Å²) in [7, 11) is 1.89. The molecule has 1 amide bonds. The molecule has 2 aromatic rings. The van der Waals surface area contributed by atoms with Gasteiger partial charge in [0, 0.05) is 18.0 Å². The maximum absolute atomic E-state index is 11.2. The summed E-state index contributed by atoms with van der Waals surface area (Å²) >= 11 is 0. The van der Waals surface area contributed by atoms with E-state index >= 15 is 0 Å². The molecule has 7 nitrogen and oxygen atoms in total. The Kier molecular flexibility index (Phi) is 3.57. The van der Waals surface area contributed by atoms with Gasteiger partial charge in [-0.25, -0.2) is 0 Å². The Morgan fingerprint density at radius 1 is 1.48 bits per heavy atom. The van der Waals surface area contributed by atoms with Crippen molar-refractivity contribution in [3.05, 3.63) is 24.0 Å². The monoisotopic (exact) mass is 288 g/mol. The van der Waals surface area contributed by atoms with Crippen molar-refractivity contribution in [2.24, 2.45) is 0 Å². The molecule has 0 aliphatic carbocycles. The largest absolute Gasteiger partial charge is 0.482 e.